The first-order valence-electron chi connectivity index (χ1n) is 18.6. The van der Waals surface area contributed by atoms with E-state index in [-0.39, 0.29) is 66.4 Å². The number of hydrogen-bond donors (Lipinski definition) is 3. The topological polar surface area (TPSA) is 172 Å². The molecule has 2 fully saturated rings. The van der Waals surface area contributed by atoms with Crippen LogP contribution in [0, 0.1) is 28.9 Å². The molecule has 2 aliphatic heterocycles. The third-order valence-corrected chi connectivity index (χ3v) is 13.5. The van der Waals surface area contributed by atoms with Crippen LogP contribution in [0.5, 0.6) is 0 Å². The summed E-state index contributed by atoms with van der Waals surface area (Å²) in [4.78, 5) is 18.3. The zero-order valence-corrected chi connectivity index (χ0v) is 35.0. The number of aromatic nitrogens is 4. The van der Waals surface area contributed by atoms with Gasteiger partial charge in [-0.25, -0.2) is 31.5 Å². The van der Waals surface area contributed by atoms with Gasteiger partial charge in [-0.05, 0) is 68.8 Å². The Kier molecular flexibility index (Phi) is 15.5. The number of rotatable bonds is 11. The number of nitrogens with one attached hydrogen (secondary N) is 2. The molecule has 0 spiro atoms. The van der Waals surface area contributed by atoms with Gasteiger partial charge < -0.3 is 15.7 Å². The fourth-order valence-corrected chi connectivity index (χ4v) is 10.1. The number of hydrogen-bond acceptors (Lipinski definition) is 8. The fraction of sp³-hybridized carbons (Fsp3) is 0.486. The summed E-state index contributed by atoms with van der Waals surface area (Å²) in [5.41, 5.74) is -1.68. The van der Waals surface area contributed by atoms with Crippen LogP contribution in [-0.2, 0) is 33.4 Å². The highest BCUT2D eigenvalue weighted by Gasteiger charge is 2.35. The number of halogens is 5. The van der Waals surface area contributed by atoms with E-state index < -0.39 is 67.2 Å². The average Bonchev–Trinajstić information content (AvgIpc) is 3.68. The largest absolute Gasteiger partial charge is 0.465 e. The van der Waals surface area contributed by atoms with Crippen molar-refractivity contribution >= 4 is 38.9 Å². The molecule has 1 atom stereocenters. The highest BCUT2D eigenvalue weighted by atomic mass is 35.5. The van der Waals surface area contributed by atoms with Crippen LogP contribution in [0.25, 0.3) is 22.5 Å². The van der Waals surface area contributed by atoms with E-state index in [0.717, 1.165) is 39.8 Å². The van der Waals surface area contributed by atoms with Crippen molar-refractivity contribution in [3.05, 3.63) is 83.7 Å². The maximum Gasteiger partial charge on any atom is 0.404 e. The molecule has 4 aromatic rings. The third-order valence-electron chi connectivity index (χ3n) is 9.91. The first-order chi connectivity index (χ1) is 26.9. The smallest absolute Gasteiger partial charge is 0.404 e. The molecule has 2 aliphatic rings. The van der Waals surface area contributed by atoms with Crippen molar-refractivity contribution in [2.24, 2.45) is 5.41 Å². The standard InChI is InChI=1S/C21H28F2N4O4S.C16H20F2N4O2S.ClH/c1-21(2,3)16(25-20(28)29)12-14-13-27(32(30,31)26-10-5-4-6-11-26)18(17(14)22)15-8-7-9-24-19(15)23;1-19-10-12-11-22(25(23,24)21-8-3-2-4-9-21)15(14(12)17)13-6-5-7-20-16(13)18;/h7-9,13,16,25H,4-6,10-12H2,1-3H3,(H,28,29);5-7,11,19H,2-4,8-10H2,1H3;1H. The molecule has 320 valence electrons. The Hall–Kier alpha value is -4.08. The summed E-state index contributed by atoms with van der Waals surface area (Å²) in [5.74, 6) is -3.59. The molecule has 4 aromatic heterocycles. The Morgan fingerprint density at radius 3 is 1.55 bits per heavy atom. The van der Waals surface area contributed by atoms with Crippen LogP contribution in [0.15, 0.2) is 49.1 Å². The predicted octanol–water partition coefficient (Wildman–Crippen LogP) is 6.18. The quantitative estimate of drug-likeness (QED) is 0.118. The molecule has 0 aromatic carbocycles. The SMILES string of the molecule is CC(C)(C)C(Cc1cn(S(=O)(=O)N2CCCCC2)c(-c2cccnc2F)c1F)NC(=O)O.CNCc1cn(S(=O)(=O)N2CCCCC2)c(-c2cccnc2F)c1F.Cl. The molecule has 1 unspecified atom stereocenters. The van der Waals surface area contributed by atoms with Gasteiger partial charge in [0.1, 0.15) is 11.4 Å². The Labute approximate surface area is 342 Å². The van der Waals surface area contributed by atoms with Crippen molar-refractivity contribution in [2.75, 3.05) is 33.2 Å². The highest BCUT2D eigenvalue weighted by molar-refractivity contribution is 7.88. The molecule has 0 bridgehead atoms. The van der Waals surface area contributed by atoms with Gasteiger partial charge in [-0.15, -0.1) is 12.4 Å². The lowest BCUT2D eigenvalue weighted by Crippen LogP contribution is -2.44. The van der Waals surface area contributed by atoms with Crippen molar-refractivity contribution < 1.29 is 44.3 Å². The van der Waals surface area contributed by atoms with E-state index in [4.69, 9.17) is 0 Å². The minimum absolute atomic E-state index is 0. The second kappa shape index (κ2) is 19.3. The molecule has 2 saturated heterocycles. The molecule has 1 amide bonds. The van der Waals surface area contributed by atoms with Crippen LogP contribution in [0.4, 0.5) is 22.4 Å². The molecular weight excluding hydrogens is 828 g/mol. The van der Waals surface area contributed by atoms with E-state index in [9.17, 15) is 39.9 Å². The first kappa shape index (κ1) is 46.6. The van der Waals surface area contributed by atoms with Gasteiger partial charge in [-0.3, -0.25) is 0 Å². The van der Waals surface area contributed by atoms with Crippen LogP contribution < -0.4 is 10.6 Å². The average molecular weight is 877 g/mol. The molecule has 3 N–H and O–H groups in total. The predicted molar refractivity (Wildman–Crippen MR) is 213 cm³/mol. The zero-order valence-electron chi connectivity index (χ0n) is 32.6. The second-order valence-electron chi connectivity index (χ2n) is 14.9. The van der Waals surface area contributed by atoms with Crippen molar-refractivity contribution in [3.63, 3.8) is 0 Å². The Bertz CT molecular complexity index is 2270. The first-order valence-corrected chi connectivity index (χ1v) is 21.4. The van der Waals surface area contributed by atoms with Gasteiger partial charge in [0.05, 0.1) is 11.1 Å². The van der Waals surface area contributed by atoms with E-state index in [1.54, 1.807) is 27.8 Å². The minimum atomic E-state index is -4.17. The molecule has 6 heterocycles. The van der Waals surface area contributed by atoms with E-state index in [1.807, 2.05) is 0 Å². The molecule has 21 heteroatoms. The normalized spacial score (nSPS) is 16.2. The van der Waals surface area contributed by atoms with Gasteiger partial charge in [-0.1, -0.05) is 33.6 Å². The zero-order chi connectivity index (χ0) is 41.7. The van der Waals surface area contributed by atoms with Crippen LogP contribution in [-0.4, -0.2) is 93.8 Å². The van der Waals surface area contributed by atoms with Crippen molar-refractivity contribution in [3.8, 4) is 22.5 Å². The van der Waals surface area contributed by atoms with Crippen molar-refractivity contribution in [2.45, 2.75) is 78.3 Å². The molecule has 6 rings (SSSR count). The van der Waals surface area contributed by atoms with Gasteiger partial charge in [0.15, 0.2) is 11.6 Å². The molecule has 58 heavy (non-hydrogen) atoms. The number of pyridine rings is 2. The lowest BCUT2D eigenvalue weighted by Gasteiger charge is -2.30. The summed E-state index contributed by atoms with van der Waals surface area (Å²) < 4.78 is 116. The van der Waals surface area contributed by atoms with E-state index in [0.29, 0.717) is 25.9 Å². The minimum Gasteiger partial charge on any atom is -0.465 e. The van der Waals surface area contributed by atoms with E-state index >= 15 is 4.39 Å². The summed E-state index contributed by atoms with van der Waals surface area (Å²) in [7, 11) is -6.54. The summed E-state index contributed by atoms with van der Waals surface area (Å²) >= 11 is 0. The number of nitrogens with zero attached hydrogens (tertiary/aromatic N) is 6. The van der Waals surface area contributed by atoms with E-state index in [2.05, 4.69) is 20.6 Å². The van der Waals surface area contributed by atoms with Gasteiger partial charge in [0, 0.05) is 74.7 Å². The van der Waals surface area contributed by atoms with Gasteiger partial charge in [-0.2, -0.15) is 34.2 Å². The van der Waals surface area contributed by atoms with Gasteiger partial charge in [0.2, 0.25) is 11.9 Å². The lowest BCUT2D eigenvalue weighted by atomic mass is 9.83. The van der Waals surface area contributed by atoms with Crippen LogP contribution >= 0.6 is 12.4 Å². The van der Waals surface area contributed by atoms with Crippen molar-refractivity contribution in [1.82, 2.24) is 37.2 Å². The molecular formula is C37H49ClF4N8O6S2. The molecule has 0 aliphatic carbocycles. The molecule has 14 nitrogen and oxygen atoms in total. The number of amides is 1. The Morgan fingerprint density at radius 1 is 0.759 bits per heavy atom. The number of carbonyl (C=O) groups is 1. The molecule has 0 radical (unpaired) electrons. The third kappa shape index (κ3) is 10.2. The van der Waals surface area contributed by atoms with E-state index in [1.165, 1.54) is 51.5 Å². The second-order valence-corrected chi connectivity index (χ2v) is 18.6. The van der Waals surface area contributed by atoms with Crippen LogP contribution in [0.1, 0.15) is 70.4 Å². The number of carboxylic acid groups (broad SMARTS) is 1. The molecule has 0 saturated carbocycles. The summed E-state index contributed by atoms with van der Waals surface area (Å²) in [5, 5.41) is 14.4. The maximum absolute atomic E-state index is 15.7. The Morgan fingerprint density at radius 2 is 1.17 bits per heavy atom. The summed E-state index contributed by atoms with van der Waals surface area (Å²) in [6.07, 6.45) is 8.11. The summed E-state index contributed by atoms with van der Waals surface area (Å²) in [6.45, 7) is 6.81. The highest BCUT2D eigenvalue weighted by Crippen LogP contribution is 2.34. The maximum atomic E-state index is 15.7. The van der Waals surface area contributed by atoms with Gasteiger partial charge in [0.25, 0.3) is 0 Å². The number of piperidine rings is 2. The van der Waals surface area contributed by atoms with Gasteiger partial charge >= 0.3 is 26.5 Å². The monoisotopic (exact) mass is 876 g/mol. The van der Waals surface area contributed by atoms with Crippen molar-refractivity contribution in [1.29, 1.82) is 0 Å². The van der Waals surface area contributed by atoms with Crippen LogP contribution in [0.2, 0.25) is 0 Å². The fourth-order valence-electron chi connectivity index (χ4n) is 6.83. The van der Waals surface area contributed by atoms with Crippen LogP contribution in [0.3, 0.4) is 0 Å². The lowest BCUT2D eigenvalue weighted by molar-refractivity contribution is 0.174. The summed E-state index contributed by atoms with van der Waals surface area (Å²) in [6, 6.07) is 4.72. The Balaban J connectivity index is 0.000000259.